The lowest BCUT2D eigenvalue weighted by atomic mass is 10.0. The van der Waals surface area contributed by atoms with E-state index in [1.54, 1.807) is 48.5 Å². The van der Waals surface area contributed by atoms with Crippen molar-refractivity contribution in [1.29, 1.82) is 0 Å². The van der Waals surface area contributed by atoms with E-state index in [4.69, 9.17) is 14.6 Å². The molecule has 4 aromatic carbocycles. The number of benzene rings is 4. The van der Waals surface area contributed by atoms with Gasteiger partial charge in [0.15, 0.2) is 0 Å². The van der Waals surface area contributed by atoms with Crippen molar-refractivity contribution in [3.05, 3.63) is 120 Å². The quantitative estimate of drug-likeness (QED) is 0.204. The molecule has 7 nitrogen and oxygen atoms in total. The van der Waals surface area contributed by atoms with Gasteiger partial charge < -0.3 is 25.0 Å². The van der Waals surface area contributed by atoms with Crippen LogP contribution in [0.2, 0.25) is 0 Å². The summed E-state index contributed by atoms with van der Waals surface area (Å²) < 4.78 is 11.4. The molecule has 4 aromatic rings. The fourth-order valence-electron chi connectivity index (χ4n) is 3.54. The van der Waals surface area contributed by atoms with Crippen LogP contribution < -0.4 is 14.8 Å². The van der Waals surface area contributed by atoms with Crippen LogP contribution in [0.3, 0.4) is 0 Å². The number of carboxylic acid groups (broad SMARTS) is 2. The van der Waals surface area contributed by atoms with Crippen LogP contribution in [0.15, 0.2) is 109 Å². The molecule has 0 spiro atoms. The van der Waals surface area contributed by atoms with Crippen molar-refractivity contribution in [2.24, 2.45) is 0 Å². The Morgan fingerprint density at radius 1 is 0.649 bits per heavy atom. The monoisotopic (exact) mass is 495 g/mol. The second-order valence-corrected chi connectivity index (χ2v) is 8.00. The van der Waals surface area contributed by atoms with Crippen LogP contribution in [-0.4, -0.2) is 35.4 Å². The minimum Gasteiger partial charge on any atom is -0.490 e. The lowest BCUT2D eigenvalue weighted by Gasteiger charge is -2.10. The van der Waals surface area contributed by atoms with Crippen LogP contribution in [0.4, 0.5) is 11.4 Å². The topological polar surface area (TPSA) is 105 Å². The average Bonchev–Trinajstić information content (AvgIpc) is 2.92. The molecule has 0 amide bonds. The number of nitrogens with one attached hydrogen (secondary N) is 1. The molecule has 0 saturated heterocycles. The zero-order valence-electron chi connectivity index (χ0n) is 19.8. The highest BCUT2D eigenvalue weighted by atomic mass is 16.5. The van der Waals surface area contributed by atoms with E-state index >= 15 is 0 Å². The second-order valence-electron chi connectivity index (χ2n) is 8.00. The van der Waals surface area contributed by atoms with Crippen molar-refractivity contribution < 1.29 is 29.3 Å². The third kappa shape index (κ3) is 6.99. The molecule has 4 rings (SSSR count). The summed E-state index contributed by atoms with van der Waals surface area (Å²) in [5, 5.41) is 21.4. The number of carboxylic acids is 2. The highest BCUT2D eigenvalue weighted by Gasteiger charge is 2.09. The Bertz CT molecular complexity index is 1380. The number of hydrogen-bond donors (Lipinski definition) is 3. The highest BCUT2D eigenvalue weighted by Crippen LogP contribution is 2.24. The van der Waals surface area contributed by atoms with Gasteiger partial charge in [-0.2, -0.15) is 0 Å². The third-order valence-electron chi connectivity index (χ3n) is 5.47. The van der Waals surface area contributed by atoms with E-state index < -0.39 is 11.9 Å². The molecule has 0 fully saturated rings. The van der Waals surface area contributed by atoms with Gasteiger partial charge in [-0.1, -0.05) is 36.4 Å². The number of rotatable bonds is 11. The summed E-state index contributed by atoms with van der Waals surface area (Å²) in [5.41, 5.74) is 3.65. The summed E-state index contributed by atoms with van der Waals surface area (Å²) in [4.78, 5) is 22.3. The van der Waals surface area contributed by atoms with Gasteiger partial charge in [-0.3, -0.25) is 0 Å². The fourth-order valence-corrected chi connectivity index (χ4v) is 3.54. The zero-order valence-corrected chi connectivity index (χ0v) is 19.8. The molecule has 186 valence electrons. The van der Waals surface area contributed by atoms with Gasteiger partial charge in [-0.15, -0.1) is 0 Å². The zero-order chi connectivity index (χ0) is 26.0. The van der Waals surface area contributed by atoms with Crippen LogP contribution in [0.1, 0.15) is 20.7 Å². The van der Waals surface area contributed by atoms with E-state index in [1.165, 1.54) is 0 Å². The summed E-state index contributed by atoms with van der Waals surface area (Å²) in [7, 11) is 0. The molecule has 3 N–H and O–H groups in total. The van der Waals surface area contributed by atoms with Crippen LogP contribution in [-0.2, 0) is 0 Å². The molecule has 0 bridgehead atoms. The summed E-state index contributed by atoms with van der Waals surface area (Å²) in [5.74, 6) is -0.514. The Morgan fingerprint density at radius 3 is 1.70 bits per heavy atom. The van der Waals surface area contributed by atoms with Crippen LogP contribution >= 0.6 is 0 Å². The lowest BCUT2D eigenvalue weighted by Crippen LogP contribution is -2.02. The smallest absolute Gasteiger partial charge is 0.337 e. The Kier molecular flexibility index (Phi) is 8.18. The van der Waals surface area contributed by atoms with Gasteiger partial charge in [-0.05, 0) is 83.9 Å². The fraction of sp³-hybridized carbons (Fsp3) is 0.0667. The van der Waals surface area contributed by atoms with Gasteiger partial charge in [0.05, 0.1) is 16.8 Å². The van der Waals surface area contributed by atoms with Crippen molar-refractivity contribution in [2.45, 2.75) is 0 Å². The van der Waals surface area contributed by atoms with E-state index in [0.29, 0.717) is 24.7 Å². The van der Waals surface area contributed by atoms with E-state index in [2.05, 4.69) is 5.32 Å². The van der Waals surface area contributed by atoms with E-state index in [1.807, 2.05) is 60.7 Å². The van der Waals surface area contributed by atoms with Crippen molar-refractivity contribution in [3.63, 3.8) is 0 Å². The summed E-state index contributed by atoms with van der Waals surface area (Å²) >= 11 is 0. The third-order valence-corrected chi connectivity index (χ3v) is 5.47. The molecule has 0 saturated carbocycles. The van der Waals surface area contributed by atoms with Crippen molar-refractivity contribution in [1.82, 2.24) is 0 Å². The summed E-state index contributed by atoms with van der Waals surface area (Å²) in [6.45, 7) is 0.769. The van der Waals surface area contributed by atoms with E-state index in [-0.39, 0.29) is 11.1 Å². The second kappa shape index (κ2) is 12.1. The largest absolute Gasteiger partial charge is 0.490 e. The average molecular weight is 496 g/mol. The van der Waals surface area contributed by atoms with Gasteiger partial charge >= 0.3 is 11.9 Å². The maximum Gasteiger partial charge on any atom is 0.337 e. The first-order valence-corrected chi connectivity index (χ1v) is 11.5. The first-order chi connectivity index (χ1) is 18.0. The van der Waals surface area contributed by atoms with E-state index in [0.717, 1.165) is 22.6 Å². The van der Waals surface area contributed by atoms with Gasteiger partial charge in [0, 0.05) is 5.69 Å². The van der Waals surface area contributed by atoms with E-state index in [9.17, 15) is 14.7 Å². The molecule has 0 aromatic heterocycles. The van der Waals surface area contributed by atoms with Crippen molar-refractivity contribution in [3.8, 4) is 22.6 Å². The highest BCUT2D eigenvalue weighted by molar-refractivity contribution is 5.95. The molecular formula is C30H25NO6. The standard InChI is InChI=1S/C30H25NO6/c32-29(33)23-9-7-21(8-10-23)22-11-15-25(16-12-22)36-19-3-4-20-37-26-17-13-24(14-18-26)31-28-6-2-1-5-27(28)30(34)35/h1-18,31H,19-20H2,(H,32,33)(H,34,35)/b4-3+. The van der Waals surface area contributed by atoms with Gasteiger partial charge in [0.2, 0.25) is 0 Å². The number of para-hydroxylation sites is 1. The number of hydrogen-bond acceptors (Lipinski definition) is 5. The first-order valence-electron chi connectivity index (χ1n) is 11.5. The normalized spacial score (nSPS) is 10.7. The molecule has 0 unspecified atom stereocenters. The molecule has 0 heterocycles. The van der Waals surface area contributed by atoms with Crippen molar-refractivity contribution in [2.75, 3.05) is 18.5 Å². The number of aromatic carboxylic acids is 2. The maximum absolute atomic E-state index is 11.3. The Hall–Kier alpha value is -5.04. The van der Waals surface area contributed by atoms with Crippen LogP contribution in [0.5, 0.6) is 11.5 Å². The molecular weight excluding hydrogens is 470 g/mol. The minimum absolute atomic E-state index is 0.207. The maximum atomic E-state index is 11.3. The predicted octanol–water partition coefficient (Wildman–Crippen LogP) is 6.51. The summed E-state index contributed by atoms with van der Waals surface area (Å²) in [6.07, 6.45) is 3.74. The number of ether oxygens (including phenoxy) is 2. The lowest BCUT2D eigenvalue weighted by molar-refractivity contribution is 0.0686. The molecule has 0 atom stereocenters. The summed E-state index contributed by atoms with van der Waals surface area (Å²) in [6, 6.07) is 28.3. The van der Waals surface area contributed by atoms with Crippen LogP contribution in [0, 0.1) is 0 Å². The SMILES string of the molecule is O=C(O)c1ccc(-c2ccc(OC/C=C/COc3ccc(Nc4ccccc4C(=O)O)cc3)cc2)cc1. The predicted molar refractivity (Wildman–Crippen MR) is 142 cm³/mol. The molecule has 0 aliphatic heterocycles. The van der Waals surface area contributed by atoms with Gasteiger partial charge in [-0.25, -0.2) is 9.59 Å². The molecule has 0 aliphatic carbocycles. The minimum atomic E-state index is -0.986. The van der Waals surface area contributed by atoms with Gasteiger partial charge in [0.1, 0.15) is 24.7 Å². The molecule has 0 radical (unpaired) electrons. The van der Waals surface area contributed by atoms with Gasteiger partial charge in [0.25, 0.3) is 0 Å². The molecule has 37 heavy (non-hydrogen) atoms. The first kappa shape index (κ1) is 25.1. The number of carbonyl (C=O) groups is 2. The van der Waals surface area contributed by atoms with Crippen LogP contribution in [0.25, 0.3) is 11.1 Å². The molecule has 0 aliphatic rings. The Morgan fingerprint density at radius 2 is 1.16 bits per heavy atom. The Labute approximate surface area is 214 Å². The Balaban J connectivity index is 1.20. The van der Waals surface area contributed by atoms with Crippen molar-refractivity contribution >= 4 is 23.3 Å². The molecule has 7 heteroatoms. The number of anilines is 2.